The second kappa shape index (κ2) is 19.5. The molecule has 0 amide bonds. The van der Waals surface area contributed by atoms with Gasteiger partial charge in [0.15, 0.2) is 0 Å². The van der Waals surface area contributed by atoms with Gasteiger partial charge < -0.3 is 18.0 Å². The van der Waals surface area contributed by atoms with Gasteiger partial charge in [0.25, 0.3) is 0 Å². The molecule has 2 aliphatic rings. The zero-order valence-electron chi connectivity index (χ0n) is 52.8. The first-order chi connectivity index (χ1) is 49.6. The number of hydrogen-bond donors (Lipinski definition) is 0. The molecule has 0 fully saturated rings. The van der Waals surface area contributed by atoms with E-state index in [9.17, 15) is 0 Å². The molecular formula is C88H46N8O2S2. The van der Waals surface area contributed by atoms with Crippen molar-refractivity contribution < 1.29 is 8.83 Å². The van der Waals surface area contributed by atoms with Gasteiger partial charge >= 0.3 is 0 Å². The average molecular weight is 1310 g/mol. The maximum absolute atomic E-state index is 7.38. The van der Waals surface area contributed by atoms with Gasteiger partial charge in [-0.2, -0.15) is 0 Å². The van der Waals surface area contributed by atoms with Crippen LogP contribution in [0, 0.1) is 0 Å². The first kappa shape index (κ1) is 53.4. The first-order valence-electron chi connectivity index (χ1n) is 33.6. The van der Waals surface area contributed by atoms with E-state index in [1.54, 1.807) is 23.5 Å². The van der Waals surface area contributed by atoms with Gasteiger partial charge in [0.1, 0.15) is 22.3 Å². The Morgan fingerprint density at radius 3 is 1.52 bits per heavy atom. The van der Waals surface area contributed by atoms with E-state index in [4.69, 9.17) is 28.8 Å². The van der Waals surface area contributed by atoms with Crippen molar-refractivity contribution in [3.63, 3.8) is 0 Å². The van der Waals surface area contributed by atoms with Crippen molar-refractivity contribution in [2.75, 3.05) is 0 Å². The quantitative estimate of drug-likeness (QED) is 0.168. The Balaban J connectivity index is 0.781. The lowest BCUT2D eigenvalue weighted by Crippen LogP contribution is -2.06. The minimum absolute atomic E-state index is 0.588. The fourth-order valence-electron chi connectivity index (χ4n) is 17.1. The number of para-hydroxylation sites is 5. The fourth-order valence-corrected chi connectivity index (χ4v) is 19.3. The Kier molecular flexibility index (Phi) is 10.4. The molecule has 0 saturated heterocycles. The van der Waals surface area contributed by atoms with Gasteiger partial charge in [-0.15, -0.1) is 0 Å². The number of aromatic nitrogens is 8. The van der Waals surface area contributed by atoms with Crippen LogP contribution in [0.25, 0.3) is 210 Å². The highest BCUT2D eigenvalue weighted by atomic mass is 32.2. The Labute approximate surface area is 575 Å². The molecule has 8 aromatic heterocycles. The van der Waals surface area contributed by atoms with E-state index in [-0.39, 0.29) is 0 Å². The zero-order chi connectivity index (χ0) is 64.7. The number of nitrogens with zero attached hydrogens (tertiary/aromatic N) is 8. The molecule has 0 spiro atoms. The Bertz CT molecular complexity index is 7480. The predicted octanol–water partition coefficient (Wildman–Crippen LogP) is 23.7. The average Bonchev–Trinajstić information content (AvgIpc) is 1.53. The lowest BCUT2D eigenvalue weighted by molar-refractivity contribution is 0.670. The molecule has 22 aromatic rings. The molecule has 14 aromatic carbocycles. The lowest BCUT2D eigenvalue weighted by atomic mass is 9.99. The van der Waals surface area contributed by atoms with E-state index in [1.807, 2.05) is 6.07 Å². The van der Waals surface area contributed by atoms with Crippen LogP contribution in [0.2, 0.25) is 0 Å². The number of fused-ring (bicyclic) bond motifs is 26. The zero-order valence-corrected chi connectivity index (χ0v) is 54.4. The predicted molar refractivity (Wildman–Crippen MR) is 409 cm³/mol. The van der Waals surface area contributed by atoms with Crippen molar-refractivity contribution in [2.24, 2.45) is 0 Å². The van der Waals surface area contributed by atoms with Crippen LogP contribution in [0.4, 0.5) is 0 Å². The molecule has 0 saturated carbocycles. The van der Waals surface area contributed by atoms with Crippen molar-refractivity contribution in [1.82, 2.24) is 38.2 Å². The molecule has 100 heavy (non-hydrogen) atoms. The minimum Gasteiger partial charge on any atom is -0.455 e. The summed E-state index contributed by atoms with van der Waals surface area (Å²) in [6.45, 7) is 0. The molecule has 0 radical (unpaired) electrons. The van der Waals surface area contributed by atoms with Gasteiger partial charge in [-0.1, -0.05) is 193 Å². The van der Waals surface area contributed by atoms with Gasteiger partial charge in [-0.25, -0.2) is 19.9 Å². The standard InChI is InChI=1S/C88H46N8O2S2/c1-3-18-48(19-4-1)93-63-30-11-7-23-55(63)75-65(93)43-41-58-74-64(95(82(58)75)87-89-61-28-16-34-72-78(61)80(91-87)56-24-9-13-32-70(56)99-72)44-45-69-77(74)60-27-15-26-50(85(60)98-69)47-36-37-51-53-38-39-59-76-66(42-40-54-52-22-8-12-31-68(52)97-86(54)76)96(84(59)83(53)94(67(51)46-47)49-20-5-2-6-21-49)88-90-62-29-17-35-73-79(62)81(92-88)57-25-10-14-33-71(57)100-73/h1-46H. The maximum atomic E-state index is 7.38. The van der Waals surface area contributed by atoms with Crippen molar-refractivity contribution in [3.8, 4) is 56.9 Å². The van der Waals surface area contributed by atoms with E-state index < -0.39 is 0 Å². The first-order valence-corrected chi connectivity index (χ1v) is 35.2. The highest BCUT2D eigenvalue weighted by molar-refractivity contribution is 8.00. The molecule has 2 aliphatic heterocycles. The highest BCUT2D eigenvalue weighted by Gasteiger charge is 2.32. The molecule has 0 N–H and O–H groups in total. The molecule has 462 valence electrons. The summed E-state index contributed by atoms with van der Waals surface area (Å²) in [4.78, 5) is 27.2. The maximum Gasteiger partial charge on any atom is 0.235 e. The molecule has 0 atom stereocenters. The number of rotatable bonds is 5. The van der Waals surface area contributed by atoms with Gasteiger partial charge in [0.2, 0.25) is 11.9 Å². The minimum atomic E-state index is 0.588. The van der Waals surface area contributed by atoms with E-state index in [0.29, 0.717) is 11.9 Å². The third kappa shape index (κ3) is 6.99. The Morgan fingerprint density at radius 1 is 0.260 bits per heavy atom. The summed E-state index contributed by atoms with van der Waals surface area (Å²) in [7, 11) is 0. The summed E-state index contributed by atoms with van der Waals surface area (Å²) in [6.07, 6.45) is 0. The van der Waals surface area contributed by atoms with Gasteiger partial charge in [-0.05, 0) is 115 Å². The lowest BCUT2D eigenvalue weighted by Gasteiger charge is -2.20. The molecule has 24 rings (SSSR count). The van der Waals surface area contributed by atoms with Crippen LogP contribution in [0.3, 0.4) is 0 Å². The van der Waals surface area contributed by atoms with E-state index in [2.05, 4.69) is 291 Å². The summed E-state index contributed by atoms with van der Waals surface area (Å²) in [5.74, 6) is 1.20. The van der Waals surface area contributed by atoms with E-state index in [0.717, 1.165) is 208 Å². The summed E-state index contributed by atoms with van der Waals surface area (Å²) < 4.78 is 23.9. The molecule has 0 aliphatic carbocycles. The van der Waals surface area contributed by atoms with Crippen LogP contribution in [-0.4, -0.2) is 38.2 Å². The van der Waals surface area contributed by atoms with Crippen LogP contribution >= 0.6 is 23.5 Å². The van der Waals surface area contributed by atoms with Gasteiger partial charge in [0.05, 0.1) is 71.9 Å². The highest BCUT2D eigenvalue weighted by Crippen LogP contribution is 2.53. The fraction of sp³-hybridized carbons (Fsp3) is 0. The van der Waals surface area contributed by atoms with Crippen LogP contribution in [-0.2, 0) is 0 Å². The SMILES string of the molecule is c1ccc(-n2c3ccccc3c3c2ccc2c4c5c(ccc4n(-c4nc6c7c(cccc7n4)Sc4ccccc4-6)c23)oc2c(-c3ccc4c6ccc7c8c9oc%10ccccc%10c9ccc8n(-c8nc9c%10c(cccc%10n8)Sc8ccccc8-9)c7c6n(-c6ccccc6)c4c3)cccc25)cc1. The summed E-state index contributed by atoms with van der Waals surface area (Å²) in [5, 5.41) is 15.0. The molecule has 0 unspecified atom stereocenters. The number of hydrogen-bond acceptors (Lipinski definition) is 8. The third-order valence-electron chi connectivity index (χ3n) is 21.2. The molecule has 10 nitrogen and oxygen atoms in total. The van der Waals surface area contributed by atoms with E-state index in [1.165, 1.54) is 9.79 Å². The third-order valence-corrected chi connectivity index (χ3v) is 23.4. The second-order valence-corrected chi connectivity index (χ2v) is 28.4. The van der Waals surface area contributed by atoms with Crippen LogP contribution < -0.4 is 0 Å². The molecule has 0 bridgehead atoms. The normalized spacial score (nSPS) is 12.9. The smallest absolute Gasteiger partial charge is 0.235 e. The second-order valence-electron chi connectivity index (χ2n) is 26.3. The number of benzene rings is 14. The van der Waals surface area contributed by atoms with Gasteiger partial charge in [0, 0.05) is 118 Å². The van der Waals surface area contributed by atoms with Crippen molar-refractivity contribution >= 4 is 176 Å². The number of furan rings is 2. The monoisotopic (exact) mass is 1310 g/mol. The molecule has 10 heterocycles. The Morgan fingerprint density at radius 2 is 0.780 bits per heavy atom. The topological polar surface area (TPSA) is 97.6 Å². The van der Waals surface area contributed by atoms with Crippen LogP contribution in [0.5, 0.6) is 0 Å². The molecule has 12 heteroatoms. The van der Waals surface area contributed by atoms with E-state index >= 15 is 0 Å². The van der Waals surface area contributed by atoms with Crippen molar-refractivity contribution in [1.29, 1.82) is 0 Å². The summed E-state index contributed by atoms with van der Waals surface area (Å²) in [6, 6.07) is 100. The van der Waals surface area contributed by atoms with Gasteiger partial charge in [-0.3, -0.25) is 9.13 Å². The largest absolute Gasteiger partial charge is 0.455 e. The van der Waals surface area contributed by atoms with Crippen LogP contribution in [0.15, 0.2) is 307 Å². The Hall–Kier alpha value is -12.7. The van der Waals surface area contributed by atoms with Crippen molar-refractivity contribution in [2.45, 2.75) is 19.6 Å². The summed E-state index contributed by atoms with van der Waals surface area (Å²) >= 11 is 3.56. The summed E-state index contributed by atoms with van der Waals surface area (Å²) in [5.41, 5.74) is 21.5. The van der Waals surface area contributed by atoms with Crippen LogP contribution in [0.1, 0.15) is 0 Å². The van der Waals surface area contributed by atoms with Crippen molar-refractivity contribution in [3.05, 3.63) is 279 Å². The molecular weight excluding hydrogens is 1270 g/mol.